The minimum Gasteiger partial charge on any atom is -0.355 e. The minimum atomic E-state index is -0.0948. The molecular formula is C12H22BrNO. The number of carbonyl (C=O) groups is 1. The van der Waals surface area contributed by atoms with Gasteiger partial charge in [-0.25, -0.2) is 0 Å². The topological polar surface area (TPSA) is 29.1 Å². The van der Waals surface area contributed by atoms with E-state index in [9.17, 15) is 4.79 Å². The molecule has 0 spiro atoms. The highest BCUT2D eigenvalue weighted by Crippen LogP contribution is 2.37. The number of halogens is 1. The SMILES string of the molecule is CC(C)(CBr)CNC(=O)C1(C)CCCC1. The lowest BCUT2D eigenvalue weighted by atomic mass is 9.87. The van der Waals surface area contributed by atoms with E-state index in [1.165, 1.54) is 12.8 Å². The lowest BCUT2D eigenvalue weighted by molar-refractivity contribution is -0.130. The Balaban J connectivity index is 2.42. The second-order valence-electron chi connectivity index (χ2n) is 5.75. The maximum Gasteiger partial charge on any atom is 0.225 e. The normalized spacial score (nSPS) is 20.3. The molecule has 0 saturated heterocycles. The molecule has 3 heteroatoms. The smallest absolute Gasteiger partial charge is 0.225 e. The summed E-state index contributed by atoms with van der Waals surface area (Å²) in [4.78, 5) is 12.0. The Kier molecular flexibility index (Phi) is 4.21. The molecule has 0 aromatic carbocycles. The van der Waals surface area contributed by atoms with E-state index in [0.717, 1.165) is 24.7 Å². The fourth-order valence-electron chi connectivity index (χ4n) is 1.96. The van der Waals surface area contributed by atoms with E-state index in [2.05, 4.69) is 42.0 Å². The first-order valence-electron chi connectivity index (χ1n) is 5.74. The number of rotatable bonds is 4. The molecule has 1 fully saturated rings. The van der Waals surface area contributed by atoms with Crippen molar-refractivity contribution < 1.29 is 4.79 Å². The van der Waals surface area contributed by atoms with Gasteiger partial charge in [-0.3, -0.25) is 4.79 Å². The quantitative estimate of drug-likeness (QED) is 0.785. The van der Waals surface area contributed by atoms with Gasteiger partial charge in [-0.15, -0.1) is 0 Å². The van der Waals surface area contributed by atoms with E-state index in [-0.39, 0.29) is 16.7 Å². The summed E-state index contributed by atoms with van der Waals surface area (Å²) in [5, 5.41) is 4.00. The van der Waals surface area contributed by atoms with Gasteiger partial charge >= 0.3 is 0 Å². The monoisotopic (exact) mass is 275 g/mol. The van der Waals surface area contributed by atoms with Crippen molar-refractivity contribution in [1.82, 2.24) is 5.32 Å². The van der Waals surface area contributed by atoms with Gasteiger partial charge in [0.25, 0.3) is 0 Å². The molecule has 15 heavy (non-hydrogen) atoms. The lowest BCUT2D eigenvalue weighted by Crippen LogP contribution is -2.42. The third-order valence-electron chi connectivity index (χ3n) is 3.34. The Morgan fingerprint density at radius 3 is 2.40 bits per heavy atom. The zero-order valence-corrected chi connectivity index (χ0v) is 11.6. The molecule has 1 aliphatic rings. The molecule has 0 bridgehead atoms. The molecule has 0 atom stereocenters. The first-order chi connectivity index (χ1) is 6.90. The maximum atomic E-state index is 12.0. The van der Waals surface area contributed by atoms with Crippen molar-refractivity contribution in [1.29, 1.82) is 0 Å². The summed E-state index contributed by atoms with van der Waals surface area (Å²) < 4.78 is 0. The van der Waals surface area contributed by atoms with Gasteiger partial charge in [-0.2, -0.15) is 0 Å². The lowest BCUT2D eigenvalue weighted by Gasteiger charge is -2.27. The van der Waals surface area contributed by atoms with Crippen LogP contribution in [0.25, 0.3) is 0 Å². The number of carbonyl (C=O) groups excluding carboxylic acids is 1. The molecule has 0 aromatic heterocycles. The van der Waals surface area contributed by atoms with Gasteiger partial charge in [0.2, 0.25) is 5.91 Å². The minimum absolute atomic E-state index is 0.0948. The predicted octanol–water partition coefficient (Wildman–Crippen LogP) is 3.10. The third-order valence-corrected chi connectivity index (χ3v) is 4.86. The van der Waals surface area contributed by atoms with Gasteiger partial charge in [-0.1, -0.05) is 49.5 Å². The standard InChI is InChI=1S/C12H22BrNO/c1-11(2,8-13)9-14-10(15)12(3)6-4-5-7-12/h4-9H2,1-3H3,(H,14,15). The van der Waals surface area contributed by atoms with Crippen molar-refractivity contribution in [2.75, 3.05) is 11.9 Å². The molecule has 1 rings (SSSR count). The number of amides is 1. The van der Waals surface area contributed by atoms with E-state index >= 15 is 0 Å². The van der Waals surface area contributed by atoms with Gasteiger partial charge in [0.1, 0.15) is 0 Å². The van der Waals surface area contributed by atoms with Gasteiger partial charge < -0.3 is 5.32 Å². The van der Waals surface area contributed by atoms with Crippen LogP contribution >= 0.6 is 15.9 Å². The Morgan fingerprint density at radius 1 is 1.40 bits per heavy atom. The fraction of sp³-hybridized carbons (Fsp3) is 0.917. The van der Waals surface area contributed by atoms with Gasteiger partial charge in [0.15, 0.2) is 0 Å². The fourth-order valence-corrected chi connectivity index (χ4v) is 2.16. The van der Waals surface area contributed by atoms with Crippen LogP contribution in [-0.2, 0) is 4.79 Å². The van der Waals surface area contributed by atoms with Crippen LogP contribution in [0.1, 0.15) is 46.5 Å². The molecule has 0 radical (unpaired) electrons. The molecule has 88 valence electrons. The summed E-state index contributed by atoms with van der Waals surface area (Å²) >= 11 is 3.47. The van der Waals surface area contributed by atoms with Crippen molar-refractivity contribution in [3.05, 3.63) is 0 Å². The Bertz CT molecular complexity index is 232. The number of nitrogens with one attached hydrogen (secondary N) is 1. The maximum absolute atomic E-state index is 12.0. The summed E-state index contributed by atoms with van der Waals surface area (Å²) in [6, 6.07) is 0. The number of hydrogen-bond acceptors (Lipinski definition) is 1. The van der Waals surface area contributed by atoms with Crippen LogP contribution < -0.4 is 5.32 Å². The third kappa shape index (κ3) is 3.47. The van der Waals surface area contributed by atoms with Crippen molar-refractivity contribution >= 4 is 21.8 Å². The summed E-state index contributed by atoms with van der Waals surface area (Å²) in [6.45, 7) is 7.15. The average molecular weight is 276 g/mol. The molecule has 0 heterocycles. The molecule has 0 unspecified atom stereocenters. The molecule has 1 amide bonds. The molecule has 2 nitrogen and oxygen atoms in total. The second kappa shape index (κ2) is 4.86. The van der Waals surface area contributed by atoms with Crippen molar-refractivity contribution in [3.8, 4) is 0 Å². The molecule has 1 aliphatic carbocycles. The molecule has 0 aromatic rings. The van der Waals surface area contributed by atoms with E-state index in [1.807, 2.05) is 0 Å². The van der Waals surface area contributed by atoms with Crippen LogP contribution in [0.5, 0.6) is 0 Å². The summed E-state index contributed by atoms with van der Waals surface area (Å²) in [5.41, 5.74) is 0.0486. The van der Waals surface area contributed by atoms with Crippen LogP contribution in [0, 0.1) is 10.8 Å². The van der Waals surface area contributed by atoms with Crippen molar-refractivity contribution in [2.24, 2.45) is 10.8 Å². The first kappa shape index (κ1) is 13.0. The molecule has 1 N–H and O–H groups in total. The summed E-state index contributed by atoms with van der Waals surface area (Å²) in [6.07, 6.45) is 4.50. The second-order valence-corrected chi connectivity index (χ2v) is 6.31. The summed E-state index contributed by atoms with van der Waals surface area (Å²) in [7, 11) is 0. The zero-order chi connectivity index (χ0) is 11.5. The highest BCUT2D eigenvalue weighted by molar-refractivity contribution is 9.09. The van der Waals surface area contributed by atoms with Crippen LogP contribution in [0.2, 0.25) is 0 Å². The van der Waals surface area contributed by atoms with Crippen molar-refractivity contribution in [3.63, 3.8) is 0 Å². The molecular weight excluding hydrogens is 254 g/mol. The van der Waals surface area contributed by atoms with Crippen LogP contribution in [-0.4, -0.2) is 17.8 Å². The van der Waals surface area contributed by atoms with E-state index < -0.39 is 0 Å². The number of hydrogen-bond donors (Lipinski definition) is 1. The molecule has 1 saturated carbocycles. The first-order valence-corrected chi connectivity index (χ1v) is 6.86. The molecule has 0 aliphatic heterocycles. The van der Waals surface area contributed by atoms with Gasteiger partial charge in [0, 0.05) is 17.3 Å². The van der Waals surface area contributed by atoms with E-state index in [4.69, 9.17) is 0 Å². The van der Waals surface area contributed by atoms with Crippen LogP contribution in [0.15, 0.2) is 0 Å². The van der Waals surface area contributed by atoms with Gasteiger partial charge in [-0.05, 0) is 18.3 Å². The average Bonchev–Trinajstić information content (AvgIpc) is 2.63. The summed E-state index contributed by atoms with van der Waals surface area (Å²) in [5.74, 6) is 0.244. The van der Waals surface area contributed by atoms with E-state index in [0.29, 0.717) is 0 Å². The largest absolute Gasteiger partial charge is 0.355 e. The predicted molar refractivity (Wildman–Crippen MR) is 67.2 cm³/mol. The number of alkyl halides is 1. The Hall–Kier alpha value is -0.0500. The van der Waals surface area contributed by atoms with Crippen molar-refractivity contribution in [2.45, 2.75) is 46.5 Å². The highest BCUT2D eigenvalue weighted by atomic mass is 79.9. The Labute approximate surface area is 101 Å². The Morgan fingerprint density at radius 2 is 1.93 bits per heavy atom. The van der Waals surface area contributed by atoms with Crippen LogP contribution in [0.3, 0.4) is 0 Å². The van der Waals surface area contributed by atoms with Crippen LogP contribution in [0.4, 0.5) is 0 Å². The highest BCUT2D eigenvalue weighted by Gasteiger charge is 2.36. The zero-order valence-electron chi connectivity index (χ0n) is 10.0. The van der Waals surface area contributed by atoms with Gasteiger partial charge in [0.05, 0.1) is 0 Å². The van der Waals surface area contributed by atoms with E-state index in [1.54, 1.807) is 0 Å².